The Morgan fingerprint density at radius 2 is 1.95 bits per heavy atom. The summed E-state index contributed by atoms with van der Waals surface area (Å²) in [5, 5.41) is 2.95. The molecule has 0 radical (unpaired) electrons. The van der Waals surface area contributed by atoms with Gasteiger partial charge in [-0.25, -0.2) is 9.37 Å². The van der Waals surface area contributed by atoms with Crippen molar-refractivity contribution in [3.8, 4) is 11.1 Å². The van der Waals surface area contributed by atoms with E-state index in [1.807, 2.05) is 49.5 Å². The summed E-state index contributed by atoms with van der Waals surface area (Å²) in [6, 6.07) is 14.7. The SMILES string of the molecule is CC1CCOC1.CCCN(CCC(C)CC)c1ccc(/C=C2\C(=O)Nc3ccc(-c4ccc(F)cc4C)cc32)cn1. The number of fused-ring (bicyclic) bond motifs is 1. The van der Waals surface area contributed by atoms with Crippen LogP contribution in [0, 0.1) is 24.6 Å². The molecule has 1 aromatic heterocycles. The largest absolute Gasteiger partial charge is 0.381 e. The van der Waals surface area contributed by atoms with Crippen LogP contribution in [0.15, 0.2) is 54.7 Å². The van der Waals surface area contributed by atoms with E-state index in [-0.39, 0.29) is 11.7 Å². The second-order valence-corrected chi connectivity index (χ2v) is 11.4. The van der Waals surface area contributed by atoms with Gasteiger partial charge in [-0.1, -0.05) is 46.2 Å². The van der Waals surface area contributed by atoms with Gasteiger partial charge in [-0.05, 0) is 103 Å². The summed E-state index contributed by atoms with van der Waals surface area (Å²) >= 11 is 0. The van der Waals surface area contributed by atoms with Crippen LogP contribution in [0.2, 0.25) is 0 Å². The van der Waals surface area contributed by atoms with Crippen molar-refractivity contribution < 1.29 is 13.9 Å². The molecule has 3 aromatic rings. The van der Waals surface area contributed by atoms with Crippen molar-refractivity contribution in [2.24, 2.45) is 11.8 Å². The fourth-order valence-electron chi connectivity index (χ4n) is 5.13. The van der Waals surface area contributed by atoms with Gasteiger partial charge in [-0.2, -0.15) is 0 Å². The van der Waals surface area contributed by atoms with E-state index in [1.165, 1.54) is 25.0 Å². The number of pyridine rings is 1. The average Bonchev–Trinajstić information content (AvgIpc) is 3.57. The lowest BCUT2D eigenvalue weighted by Gasteiger charge is -2.24. The molecule has 0 saturated carbocycles. The molecule has 1 amide bonds. The summed E-state index contributed by atoms with van der Waals surface area (Å²) in [6.45, 7) is 14.8. The van der Waals surface area contributed by atoms with Gasteiger partial charge in [0.1, 0.15) is 11.6 Å². The topological polar surface area (TPSA) is 54.5 Å². The Morgan fingerprint density at radius 1 is 1.12 bits per heavy atom. The summed E-state index contributed by atoms with van der Waals surface area (Å²) in [5.74, 6) is 2.12. The van der Waals surface area contributed by atoms with Gasteiger partial charge < -0.3 is 15.0 Å². The van der Waals surface area contributed by atoms with Crippen LogP contribution in [-0.2, 0) is 9.53 Å². The summed E-state index contributed by atoms with van der Waals surface area (Å²) in [4.78, 5) is 19.8. The number of halogens is 1. The van der Waals surface area contributed by atoms with Crippen LogP contribution in [-0.4, -0.2) is 37.2 Å². The molecular formula is C35H44FN3O2. The molecule has 0 spiro atoms. The zero-order chi connectivity index (χ0) is 29.4. The van der Waals surface area contributed by atoms with Crippen molar-refractivity contribution in [3.63, 3.8) is 0 Å². The number of hydrogen-bond acceptors (Lipinski definition) is 4. The minimum absolute atomic E-state index is 0.127. The molecule has 1 N–H and O–H groups in total. The molecule has 3 heterocycles. The highest BCUT2D eigenvalue weighted by molar-refractivity contribution is 6.35. The zero-order valence-corrected chi connectivity index (χ0v) is 25.2. The molecule has 1 fully saturated rings. The molecule has 0 aliphatic carbocycles. The van der Waals surface area contributed by atoms with Gasteiger partial charge in [0.2, 0.25) is 0 Å². The molecule has 218 valence electrons. The molecule has 2 aromatic carbocycles. The van der Waals surface area contributed by atoms with E-state index in [2.05, 4.69) is 37.9 Å². The maximum absolute atomic E-state index is 13.6. The van der Waals surface area contributed by atoms with Crippen molar-refractivity contribution in [3.05, 3.63) is 77.2 Å². The van der Waals surface area contributed by atoms with E-state index in [0.717, 1.165) is 84.4 Å². The predicted octanol–water partition coefficient (Wildman–Crippen LogP) is 8.38. The van der Waals surface area contributed by atoms with Crippen molar-refractivity contribution in [1.29, 1.82) is 0 Å². The summed E-state index contributed by atoms with van der Waals surface area (Å²) in [7, 11) is 0. The maximum atomic E-state index is 13.6. The second-order valence-electron chi connectivity index (χ2n) is 11.4. The fraction of sp³-hybridized carbons (Fsp3) is 0.429. The normalized spacial score (nSPS) is 17.6. The lowest BCUT2D eigenvalue weighted by molar-refractivity contribution is -0.110. The van der Waals surface area contributed by atoms with E-state index in [0.29, 0.717) is 11.5 Å². The number of benzene rings is 2. The monoisotopic (exact) mass is 557 g/mol. The van der Waals surface area contributed by atoms with E-state index in [4.69, 9.17) is 9.72 Å². The molecule has 5 rings (SSSR count). The molecule has 0 bridgehead atoms. The standard InChI is InChI=1S/C30H34FN3O.C5H10O/c1-5-14-34(15-13-20(3)6-2)29-12-7-22(19-32-29)17-27-26-18-23(8-11-28(26)33-30(27)35)25-10-9-24(31)16-21(25)4;1-5-2-3-6-4-5/h7-12,16-20H,5-6,13-15H2,1-4H3,(H,33,35);5H,2-4H2,1H3/b27-17-;. The van der Waals surface area contributed by atoms with Crippen LogP contribution in [0.4, 0.5) is 15.9 Å². The van der Waals surface area contributed by atoms with Crippen molar-refractivity contribution in [1.82, 2.24) is 4.98 Å². The second kappa shape index (κ2) is 14.4. The van der Waals surface area contributed by atoms with Gasteiger partial charge in [0.15, 0.2) is 0 Å². The van der Waals surface area contributed by atoms with Crippen LogP contribution in [0.1, 0.15) is 70.1 Å². The highest BCUT2D eigenvalue weighted by Crippen LogP contribution is 2.37. The maximum Gasteiger partial charge on any atom is 0.256 e. The Hall–Kier alpha value is -3.51. The number of anilines is 2. The minimum atomic E-state index is -0.252. The van der Waals surface area contributed by atoms with Crippen LogP contribution in [0.5, 0.6) is 0 Å². The average molecular weight is 558 g/mol. The Balaban J connectivity index is 0.000000572. The van der Waals surface area contributed by atoms with Crippen LogP contribution in [0.3, 0.4) is 0 Å². The smallest absolute Gasteiger partial charge is 0.256 e. The lowest BCUT2D eigenvalue weighted by Crippen LogP contribution is -2.27. The van der Waals surface area contributed by atoms with Gasteiger partial charge in [0, 0.05) is 49.3 Å². The number of aromatic nitrogens is 1. The number of nitrogens with one attached hydrogen (secondary N) is 1. The minimum Gasteiger partial charge on any atom is -0.381 e. The van der Waals surface area contributed by atoms with Gasteiger partial charge in [-0.15, -0.1) is 0 Å². The Bertz CT molecular complexity index is 1350. The first-order valence-electron chi connectivity index (χ1n) is 15.0. The third-order valence-electron chi connectivity index (χ3n) is 7.95. The number of carbonyl (C=O) groups excluding carboxylic acids is 1. The fourth-order valence-corrected chi connectivity index (χ4v) is 5.13. The first-order chi connectivity index (χ1) is 19.8. The molecular weight excluding hydrogens is 513 g/mol. The molecule has 41 heavy (non-hydrogen) atoms. The van der Waals surface area contributed by atoms with E-state index >= 15 is 0 Å². The highest BCUT2D eigenvalue weighted by Gasteiger charge is 2.25. The van der Waals surface area contributed by atoms with Crippen LogP contribution < -0.4 is 10.2 Å². The van der Waals surface area contributed by atoms with E-state index in [9.17, 15) is 9.18 Å². The van der Waals surface area contributed by atoms with Gasteiger partial charge >= 0.3 is 0 Å². The first kappa shape index (κ1) is 30.4. The Kier molecular flexibility index (Phi) is 10.7. The van der Waals surface area contributed by atoms with Crippen molar-refractivity contribution >= 4 is 29.1 Å². The number of amides is 1. The third kappa shape index (κ3) is 8.04. The zero-order valence-electron chi connectivity index (χ0n) is 25.2. The van der Waals surface area contributed by atoms with Gasteiger partial charge in [0.25, 0.3) is 5.91 Å². The molecule has 2 unspecified atom stereocenters. The quantitative estimate of drug-likeness (QED) is 0.269. The van der Waals surface area contributed by atoms with Crippen LogP contribution in [0.25, 0.3) is 22.8 Å². The Morgan fingerprint density at radius 3 is 2.56 bits per heavy atom. The number of aryl methyl sites for hydroxylation is 1. The number of ether oxygens (including phenoxy) is 1. The van der Waals surface area contributed by atoms with E-state index in [1.54, 1.807) is 6.07 Å². The number of rotatable bonds is 9. The predicted molar refractivity (Wildman–Crippen MR) is 168 cm³/mol. The third-order valence-corrected chi connectivity index (χ3v) is 7.95. The highest BCUT2D eigenvalue weighted by atomic mass is 19.1. The summed E-state index contributed by atoms with van der Waals surface area (Å²) in [5.41, 5.74) is 5.89. The molecule has 1 saturated heterocycles. The number of carbonyl (C=O) groups is 1. The molecule has 6 heteroatoms. The van der Waals surface area contributed by atoms with Crippen molar-refractivity contribution in [2.75, 3.05) is 36.5 Å². The van der Waals surface area contributed by atoms with Gasteiger partial charge in [-0.3, -0.25) is 4.79 Å². The van der Waals surface area contributed by atoms with Gasteiger partial charge in [0.05, 0.1) is 0 Å². The molecule has 2 aliphatic heterocycles. The summed E-state index contributed by atoms with van der Waals surface area (Å²) < 4.78 is 18.6. The number of nitrogens with zero attached hydrogens (tertiary/aromatic N) is 2. The number of hydrogen-bond donors (Lipinski definition) is 1. The van der Waals surface area contributed by atoms with Crippen LogP contribution >= 0.6 is 0 Å². The molecule has 2 atom stereocenters. The summed E-state index contributed by atoms with van der Waals surface area (Å²) in [6.07, 6.45) is 8.40. The first-order valence-corrected chi connectivity index (χ1v) is 15.0. The Labute approximate surface area is 244 Å². The molecule has 2 aliphatic rings. The van der Waals surface area contributed by atoms with Crippen molar-refractivity contribution in [2.45, 2.75) is 60.3 Å². The van der Waals surface area contributed by atoms with E-state index < -0.39 is 0 Å². The lowest BCUT2D eigenvalue weighted by atomic mass is 9.96. The molecule has 5 nitrogen and oxygen atoms in total.